The fraction of sp³-hybridized carbons (Fsp3) is 0.556. The van der Waals surface area contributed by atoms with Gasteiger partial charge in [0, 0.05) is 19.5 Å². The molecule has 0 fully saturated rings. The predicted octanol–water partition coefficient (Wildman–Crippen LogP) is -0.437. The topological polar surface area (TPSA) is 123 Å². The first-order chi connectivity index (χ1) is 8.54. The number of carbonyl (C=O) groups is 2. The Kier molecular flexibility index (Phi) is 5.43. The number of hydrogen-bond donors (Lipinski definition) is 3. The molecule has 0 spiro atoms. The Bertz CT molecular complexity index is 434. The number of nitrogen functional groups attached to an aromatic ring is 1. The third-order valence-electron chi connectivity index (χ3n) is 2.01. The van der Waals surface area contributed by atoms with Gasteiger partial charge in [-0.05, 0) is 6.92 Å². The van der Waals surface area contributed by atoms with Crippen molar-refractivity contribution in [3.63, 3.8) is 0 Å². The fourth-order valence-corrected chi connectivity index (χ4v) is 1.93. The lowest BCUT2D eigenvalue weighted by Crippen LogP contribution is -2.24. The van der Waals surface area contributed by atoms with E-state index in [1.165, 1.54) is 4.57 Å². The van der Waals surface area contributed by atoms with Crippen LogP contribution in [0.2, 0.25) is 0 Å². The molecule has 0 aromatic carbocycles. The number of rotatable bonds is 7. The van der Waals surface area contributed by atoms with Gasteiger partial charge in [-0.1, -0.05) is 11.8 Å². The van der Waals surface area contributed by atoms with E-state index in [1.54, 1.807) is 0 Å². The van der Waals surface area contributed by atoms with Crippen LogP contribution in [0.4, 0.5) is 5.95 Å². The minimum atomic E-state index is -0.947. The van der Waals surface area contributed by atoms with E-state index >= 15 is 0 Å². The van der Waals surface area contributed by atoms with Crippen LogP contribution in [0, 0.1) is 0 Å². The molecular formula is C9H15N5O3S. The van der Waals surface area contributed by atoms with Gasteiger partial charge in [0.15, 0.2) is 5.16 Å². The van der Waals surface area contributed by atoms with Crippen molar-refractivity contribution in [2.24, 2.45) is 0 Å². The summed E-state index contributed by atoms with van der Waals surface area (Å²) >= 11 is 1.02. The zero-order chi connectivity index (χ0) is 13.5. The molecule has 0 unspecified atom stereocenters. The standard InChI is InChI=1S/C9H15N5O3S/c1-2-11-6(15)3-4-14-8(10)12-13-9(14)18-5-7(16)17/h2-5H2,1H3,(H2,10,12)(H,11,15)(H,16,17). The molecule has 1 aromatic heterocycles. The molecule has 1 aromatic rings. The lowest BCUT2D eigenvalue weighted by atomic mass is 10.4. The number of aliphatic carboxylic acids is 1. The molecule has 0 saturated carbocycles. The summed E-state index contributed by atoms with van der Waals surface area (Å²) in [7, 11) is 0. The van der Waals surface area contributed by atoms with E-state index in [4.69, 9.17) is 10.8 Å². The third-order valence-corrected chi connectivity index (χ3v) is 2.96. The third kappa shape index (κ3) is 4.24. The fourth-order valence-electron chi connectivity index (χ4n) is 1.24. The molecule has 0 bridgehead atoms. The molecule has 0 aliphatic rings. The number of carboxylic acid groups (broad SMARTS) is 1. The quantitative estimate of drug-likeness (QED) is 0.575. The van der Waals surface area contributed by atoms with Crippen LogP contribution in [0.1, 0.15) is 13.3 Å². The number of aromatic nitrogens is 3. The summed E-state index contributed by atoms with van der Waals surface area (Å²) in [5.74, 6) is -0.997. The van der Waals surface area contributed by atoms with E-state index in [2.05, 4.69) is 15.5 Å². The molecule has 0 aliphatic carbocycles. The molecule has 100 valence electrons. The Morgan fingerprint density at radius 1 is 1.50 bits per heavy atom. The van der Waals surface area contributed by atoms with E-state index in [0.717, 1.165) is 11.8 Å². The van der Waals surface area contributed by atoms with E-state index in [1.807, 2.05) is 6.92 Å². The van der Waals surface area contributed by atoms with Crippen molar-refractivity contribution in [1.82, 2.24) is 20.1 Å². The number of amides is 1. The first-order valence-corrected chi connectivity index (χ1v) is 6.33. The summed E-state index contributed by atoms with van der Waals surface area (Å²) in [6.45, 7) is 2.73. The number of anilines is 1. The van der Waals surface area contributed by atoms with Crippen molar-refractivity contribution < 1.29 is 14.7 Å². The summed E-state index contributed by atoms with van der Waals surface area (Å²) in [4.78, 5) is 21.8. The number of carbonyl (C=O) groups excluding carboxylic acids is 1. The summed E-state index contributed by atoms with van der Waals surface area (Å²) in [5.41, 5.74) is 5.60. The van der Waals surface area contributed by atoms with Crippen LogP contribution < -0.4 is 11.1 Å². The number of nitrogens with zero attached hydrogens (tertiary/aromatic N) is 3. The smallest absolute Gasteiger partial charge is 0.313 e. The summed E-state index contributed by atoms with van der Waals surface area (Å²) < 4.78 is 1.53. The Morgan fingerprint density at radius 3 is 2.83 bits per heavy atom. The molecule has 1 heterocycles. The first kappa shape index (κ1) is 14.3. The summed E-state index contributed by atoms with van der Waals surface area (Å²) in [6, 6.07) is 0. The van der Waals surface area contributed by atoms with Crippen LogP contribution in [-0.2, 0) is 16.1 Å². The molecule has 18 heavy (non-hydrogen) atoms. The second kappa shape index (κ2) is 6.84. The van der Waals surface area contributed by atoms with Gasteiger partial charge in [0.1, 0.15) is 0 Å². The van der Waals surface area contributed by atoms with E-state index < -0.39 is 5.97 Å². The maximum Gasteiger partial charge on any atom is 0.313 e. The largest absolute Gasteiger partial charge is 0.481 e. The van der Waals surface area contributed by atoms with Crippen molar-refractivity contribution in [2.45, 2.75) is 25.0 Å². The molecule has 1 rings (SSSR count). The summed E-state index contributed by atoms with van der Waals surface area (Å²) in [6.07, 6.45) is 0.247. The Labute approximate surface area is 108 Å². The Balaban J connectivity index is 2.60. The SMILES string of the molecule is CCNC(=O)CCn1c(N)nnc1SCC(=O)O. The van der Waals surface area contributed by atoms with Gasteiger partial charge in [0.25, 0.3) is 0 Å². The highest BCUT2D eigenvalue weighted by Crippen LogP contribution is 2.18. The average Bonchev–Trinajstić information content (AvgIpc) is 2.65. The van der Waals surface area contributed by atoms with Crippen molar-refractivity contribution in [1.29, 1.82) is 0 Å². The second-order valence-electron chi connectivity index (χ2n) is 3.38. The van der Waals surface area contributed by atoms with Crippen LogP contribution in [0.5, 0.6) is 0 Å². The molecule has 1 amide bonds. The molecule has 4 N–H and O–H groups in total. The van der Waals surface area contributed by atoms with Gasteiger partial charge in [0.2, 0.25) is 11.9 Å². The minimum absolute atomic E-state index is 0.0974. The highest BCUT2D eigenvalue weighted by molar-refractivity contribution is 7.99. The van der Waals surface area contributed by atoms with Gasteiger partial charge in [0.05, 0.1) is 5.75 Å². The van der Waals surface area contributed by atoms with E-state index in [0.29, 0.717) is 18.2 Å². The van der Waals surface area contributed by atoms with Crippen molar-refractivity contribution in [3.8, 4) is 0 Å². The number of thioether (sulfide) groups is 1. The van der Waals surface area contributed by atoms with E-state index in [9.17, 15) is 9.59 Å². The first-order valence-electron chi connectivity index (χ1n) is 5.34. The number of nitrogens with one attached hydrogen (secondary N) is 1. The zero-order valence-electron chi connectivity index (χ0n) is 9.92. The van der Waals surface area contributed by atoms with Gasteiger partial charge in [-0.15, -0.1) is 10.2 Å². The van der Waals surface area contributed by atoms with Gasteiger partial charge >= 0.3 is 5.97 Å². The van der Waals surface area contributed by atoms with Gasteiger partial charge in [-0.3, -0.25) is 14.2 Å². The van der Waals surface area contributed by atoms with Crippen molar-refractivity contribution >= 4 is 29.6 Å². The molecule has 0 saturated heterocycles. The lowest BCUT2D eigenvalue weighted by molar-refractivity contribution is -0.134. The van der Waals surface area contributed by atoms with Gasteiger partial charge in [-0.2, -0.15) is 0 Å². The second-order valence-corrected chi connectivity index (χ2v) is 4.32. The Morgan fingerprint density at radius 2 is 2.22 bits per heavy atom. The van der Waals surface area contributed by atoms with Crippen molar-refractivity contribution in [3.05, 3.63) is 0 Å². The maximum absolute atomic E-state index is 11.3. The van der Waals surface area contributed by atoms with Crippen LogP contribution in [0.25, 0.3) is 0 Å². The van der Waals surface area contributed by atoms with Crippen LogP contribution in [0.3, 0.4) is 0 Å². The highest BCUT2D eigenvalue weighted by atomic mass is 32.2. The van der Waals surface area contributed by atoms with Crippen LogP contribution >= 0.6 is 11.8 Å². The maximum atomic E-state index is 11.3. The molecule has 9 heteroatoms. The highest BCUT2D eigenvalue weighted by Gasteiger charge is 2.12. The Hall–Kier alpha value is -1.77. The van der Waals surface area contributed by atoms with Gasteiger partial charge < -0.3 is 16.2 Å². The van der Waals surface area contributed by atoms with Crippen LogP contribution in [-0.4, -0.2) is 44.0 Å². The normalized spacial score (nSPS) is 10.3. The van der Waals surface area contributed by atoms with Crippen molar-refractivity contribution in [2.75, 3.05) is 18.0 Å². The monoisotopic (exact) mass is 273 g/mol. The van der Waals surface area contributed by atoms with Crippen LogP contribution in [0.15, 0.2) is 5.16 Å². The number of carboxylic acids is 1. The zero-order valence-corrected chi connectivity index (χ0v) is 10.7. The minimum Gasteiger partial charge on any atom is -0.481 e. The lowest BCUT2D eigenvalue weighted by Gasteiger charge is -2.07. The summed E-state index contributed by atoms with van der Waals surface area (Å²) in [5, 5.41) is 19.1. The molecule has 0 aliphatic heterocycles. The molecule has 0 radical (unpaired) electrons. The molecule has 0 atom stereocenters. The number of hydrogen-bond acceptors (Lipinski definition) is 6. The number of nitrogens with two attached hydrogens (primary N) is 1. The molecule has 8 nitrogen and oxygen atoms in total. The molecular weight excluding hydrogens is 258 g/mol. The van der Waals surface area contributed by atoms with E-state index in [-0.39, 0.29) is 24.0 Å². The van der Waals surface area contributed by atoms with Gasteiger partial charge in [-0.25, -0.2) is 0 Å². The predicted molar refractivity (Wildman–Crippen MR) is 66.1 cm³/mol. The average molecular weight is 273 g/mol.